The van der Waals surface area contributed by atoms with Crippen LogP contribution in [0.4, 0.5) is 4.79 Å². The van der Waals surface area contributed by atoms with Gasteiger partial charge < -0.3 is 15.0 Å². The predicted molar refractivity (Wildman–Crippen MR) is 116 cm³/mol. The second-order valence-electron chi connectivity index (χ2n) is 9.07. The van der Waals surface area contributed by atoms with Crippen LogP contribution in [-0.4, -0.2) is 65.9 Å². The Bertz CT molecular complexity index is 818. The average molecular weight is 432 g/mol. The van der Waals surface area contributed by atoms with E-state index >= 15 is 0 Å². The third-order valence-corrected chi connectivity index (χ3v) is 5.60. The fourth-order valence-corrected chi connectivity index (χ4v) is 3.53. The molecule has 0 aromatic heterocycles. The highest BCUT2D eigenvalue weighted by Crippen LogP contribution is 2.24. The van der Waals surface area contributed by atoms with Gasteiger partial charge in [-0.1, -0.05) is 39.0 Å². The summed E-state index contributed by atoms with van der Waals surface area (Å²) < 4.78 is 5.53. The number of ether oxygens (including phenoxy) is 1. The van der Waals surface area contributed by atoms with Gasteiger partial charge >= 0.3 is 6.09 Å². The molecular weight excluding hydrogens is 398 g/mol. The lowest BCUT2D eigenvalue weighted by atomic mass is 9.88. The molecule has 8 heteroatoms. The zero-order chi connectivity index (χ0) is 23.2. The molecule has 1 aliphatic heterocycles. The van der Waals surface area contributed by atoms with E-state index in [0.717, 1.165) is 23.3 Å². The van der Waals surface area contributed by atoms with Crippen LogP contribution in [-0.2, 0) is 14.3 Å². The number of hydrogen-bond donors (Lipinski definition) is 1. The summed E-state index contributed by atoms with van der Waals surface area (Å²) in [6.45, 7) is 9.77. The van der Waals surface area contributed by atoms with Crippen LogP contribution in [0.2, 0.25) is 0 Å². The minimum atomic E-state index is -0.758. The highest BCUT2D eigenvalue weighted by molar-refractivity contribution is 6.01. The molecule has 1 N–H and O–H groups in total. The first-order valence-corrected chi connectivity index (χ1v) is 10.6. The first kappa shape index (κ1) is 24.4. The lowest BCUT2D eigenvalue weighted by molar-refractivity contribution is -0.130. The van der Waals surface area contributed by atoms with Crippen LogP contribution in [0.3, 0.4) is 0 Å². The molecule has 1 saturated heterocycles. The predicted octanol–water partition coefficient (Wildman–Crippen LogP) is 2.75. The first-order chi connectivity index (χ1) is 14.5. The molecule has 2 rings (SSSR count). The minimum Gasteiger partial charge on any atom is -0.444 e. The molecule has 1 aromatic carbocycles. The van der Waals surface area contributed by atoms with Crippen molar-refractivity contribution in [2.24, 2.45) is 5.41 Å². The van der Waals surface area contributed by atoms with Gasteiger partial charge in [-0.25, -0.2) is 4.79 Å². The number of nitrogens with zero attached hydrogens (tertiary/aromatic N) is 2. The van der Waals surface area contributed by atoms with E-state index in [-0.39, 0.29) is 25.0 Å². The normalized spacial score (nSPS) is 17.1. The molecule has 0 aliphatic carbocycles. The zero-order valence-corrected chi connectivity index (χ0v) is 19.0. The summed E-state index contributed by atoms with van der Waals surface area (Å²) in [6, 6.07) is 7.15. The van der Waals surface area contributed by atoms with Gasteiger partial charge in [0.2, 0.25) is 12.3 Å². The largest absolute Gasteiger partial charge is 0.444 e. The smallest absolute Gasteiger partial charge is 0.407 e. The fraction of sp³-hybridized carbons (Fsp3) is 0.565. The van der Waals surface area contributed by atoms with E-state index in [4.69, 9.17) is 4.74 Å². The second-order valence-corrected chi connectivity index (χ2v) is 9.07. The standard InChI is InChI=1S/C23H33N3O5/c1-16-9-6-7-11-18(16)21(29)25(15-27)14-19(23(3,4)5)31-22(30)24-13-20(28)26-12-8-10-17(26)2/h6-7,9,11,15,17,19H,8,10,12-14H2,1-5H3,(H,24,30)/t17-,19?/m1/s1. The average Bonchev–Trinajstić information content (AvgIpc) is 3.14. The van der Waals surface area contributed by atoms with E-state index in [1.54, 1.807) is 30.0 Å². The third kappa shape index (κ3) is 6.54. The summed E-state index contributed by atoms with van der Waals surface area (Å²) in [4.78, 5) is 51.9. The molecule has 1 heterocycles. The minimum absolute atomic E-state index is 0.0926. The zero-order valence-electron chi connectivity index (χ0n) is 19.0. The number of carbonyl (C=O) groups excluding carboxylic acids is 4. The molecule has 170 valence electrons. The monoisotopic (exact) mass is 431 g/mol. The lowest BCUT2D eigenvalue weighted by Crippen LogP contribution is -2.47. The van der Waals surface area contributed by atoms with E-state index in [9.17, 15) is 19.2 Å². The van der Waals surface area contributed by atoms with Gasteiger partial charge in [0, 0.05) is 23.6 Å². The van der Waals surface area contributed by atoms with Crippen molar-refractivity contribution in [1.29, 1.82) is 0 Å². The van der Waals surface area contributed by atoms with Crippen LogP contribution in [0.5, 0.6) is 0 Å². The van der Waals surface area contributed by atoms with Gasteiger partial charge in [-0.15, -0.1) is 0 Å². The Labute approximate surface area is 183 Å². The Morgan fingerprint density at radius 2 is 1.97 bits per heavy atom. The van der Waals surface area contributed by atoms with Crippen molar-refractivity contribution in [1.82, 2.24) is 15.1 Å². The molecule has 8 nitrogen and oxygen atoms in total. The van der Waals surface area contributed by atoms with Crippen molar-refractivity contribution in [3.05, 3.63) is 35.4 Å². The quantitative estimate of drug-likeness (QED) is 0.670. The van der Waals surface area contributed by atoms with Gasteiger partial charge in [-0.2, -0.15) is 0 Å². The number of carbonyl (C=O) groups is 4. The van der Waals surface area contributed by atoms with Crippen molar-refractivity contribution in [2.75, 3.05) is 19.6 Å². The number of likely N-dealkylation sites (tertiary alicyclic amines) is 1. The maximum Gasteiger partial charge on any atom is 0.407 e. The summed E-state index contributed by atoms with van der Waals surface area (Å²) in [5, 5.41) is 2.50. The summed E-state index contributed by atoms with van der Waals surface area (Å²) in [7, 11) is 0. The topological polar surface area (TPSA) is 96.0 Å². The maximum absolute atomic E-state index is 12.8. The fourth-order valence-electron chi connectivity index (χ4n) is 3.53. The molecule has 0 bridgehead atoms. The number of rotatable bonds is 7. The van der Waals surface area contributed by atoms with Gasteiger partial charge in [-0.3, -0.25) is 19.3 Å². The number of aryl methyl sites for hydroxylation is 1. The third-order valence-electron chi connectivity index (χ3n) is 5.60. The maximum atomic E-state index is 12.8. The highest BCUT2D eigenvalue weighted by atomic mass is 16.6. The molecule has 0 spiro atoms. The summed E-state index contributed by atoms with van der Waals surface area (Å²) in [6.07, 6.45) is 0.854. The molecule has 1 unspecified atom stereocenters. The number of nitrogens with one attached hydrogen (secondary N) is 1. The van der Waals surface area contributed by atoms with E-state index in [0.29, 0.717) is 18.5 Å². The van der Waals surface area contributed by atoms with E-state index in [1.165, 1.54) is 0 Å². The van der Waals surface area contributed by atoms with Crippen LogP contribution in [0.1, 0.15) is 56.5 Å². The van der Waals surface area contributed by atoms with Crippen molar-refractivity contribution in [3.8, 4) is 0 Å². The van der Waals surface area contributed by atoms with Crippen LogP contribution >= 0.6 is 0 Å². The van der Waals surface area contributed by atoms with Crippen LogP contribution in [0.25, 0.3) is 0 Å². The van der Waals surface area contributed by atoms with Crippen molar-refractivity contribution >= 4 is 24.3 Å². The second kappa shape index (κ2) is 10.4. The molecule has 31 heavy (non-hydrogen) atoms. The van der Waals surface area contributed by atoms with Crippen molar-refractivity contribution in [2.45, 2.75) is 59.6 Å². The lowest BCUT2D eigenvalue weighted by Gasteiger charge is -2.33. The molecular formula is C23H33N3O5. The first-order valence-electron chi connectivity index (χ1n) is 10.6. The summed E-state index contributed by atoms with van der Waals surface area (Å²) in [5.74, 6) is -0.608. The Morgan fingerprint density at radius 1 is 1.29 bits per heavy atom. The van der Waals surface area contributed by atoms with E-state index in [2.05, 4.69) is 5.32 Å². The number of benzene rings is 1. The van der Waals surface area contributed by atoms with Gasteiger partial charge in [0.1, 0.15) is 12.6 Å². The van der Waals surface area contributed by atoms with Crippen LogP contribution in [0.15, 0.2) is 24.3 Å². The van der Waals surface area contributed by atoms with E-state index < -0.39 is 23.5 Å². The number of hydrogen-bond acceptors (Lipinski definition) is 5. The van der Waals surface area contributed by atoms with Gasteiger partial charge in [0.15, 0.2) is 0 Å². The molecule has 1 aromatic rings. The van der Waals surface area contributed by atoms with Crippen LogP contribution < -0.4 is 5.32 Å². The molecule has 0 radical (unpaired) electrons. The number of imide groups is 1. The molecule has 1 aliphatic rings. The Balaban J connectivity index is 2.01. The van der Waals surface area contributed by atoms with E-state index in [1.807, 2.05) is 33.8 Å². The summed E-state index contributed by atoms with van der Waals surface area (Å²) >= 11 is 0. The molecule has 0 saturated carbocycles. The molecule has 4 amide bonds. The Morgan fingerprint density at radius 3 is 2.52 bits per heavy atom. The Kier molecular flexibility index (Phi) is 8.19. The Hall–Kier alpha value is -2.90. The van der Waals surface area contributed by atoms with Crippen LogP contribution in [0, 0.1) is 12.3 Å². The summed E-state index contributed by atoms with van der Waals surface area (Å²) in [5.41, 5.74) is 0.620. The van der Waals surface area contributed by atoms with Crippen molar-refractivity contribution in [3.63, 3.8) is 0 Å². The number of alkyl carbamates (subject to hydrolysis) is 1. The van der Waals surface area contributed by atoms with Gasteiger partial charge in [-0.05, 0) is 38.3 Å². The highest BCUT2D eigenvalue weighted by Gasteiger charge is 2.33. The van der Waals surface area contributed by atoms with Gasteiger partial charge in [0.25, 0.3) is 5.91 Å². The van der Waals surface area contributed by atoms with Crippen molar-refractivity contribution < 1.29 is 23.9 Å². The number of amides is 4. The SMILES string of the molecule is Cc1ccccc1C(=O)N(C=O)CC(OC(=O)NCC(=O)N1CCC[C@H]1C)C(C)(C)C. The van der Waals surface area contributed by atoms with Gasteiger partial charge in [0.05, 0.1) is 6.54 Å². The molecule has 2 atom stereocenters. The molecule has 1 fully saturated rings.